The molecule has 16 heavy (non-hydrogen) atoms. The number of hydrogen-bond acceptors (Lipinski definition) is 4. The predicted molar refractivity (Wildman–Crippen MR) is 64.3 cm³/mol. The Morgan fingerprint density at radius 2 is 2.44 bits per heavy atom. The zero-order valence-electron chi connectivity index (χ0n) is 8.90. The largest absolute Gasteiger partial charge is 0.320 e. The van der Waals surface area contributed by atoms with E-state index >= 15 is 0 Å². The van der Waals surface area contributed by atoms with Gasteiger partial charge < -0.3 is 5.73 Å². The van der Waals surface area contributed by atoms with Crippen molar-refractivity contribution in [3.8, 4) is 11.8 Å². The van der Waals surface area contributed by atoms with Crippen LogP contribution in [0.3, 0.4) is 0 Å². The van der Waals surface area contributed by atoms with E-state index in [4.69, 9.17) is 5.73 Å². The smallest absolute Gasteiger partial charge is 0.228 e. The summed E-state index contributed by atoms with van der Waals surface area (Å²) in [5, 5.41) is 0.756. The molecular formula is C11H13N3OS. The van der Waals surface area contributed by atoms with Gasteiger partial charge in [0.25, 0.3) is 0 Å². The van der Waals surface area contributed by atoms with Crippen molar-refractivity contribution < 1.29 is 4.79 Å². The molecule has 2 rings (SSSR count). The average Bonchev–Trinajstić information content (AvgIpc) is 2.75. The number of nitrogens with zero attached hydrogens (tertiary/aromatic N) is 2. The number of rotatable bonds is 1. The molecule has 1 aliphatic rings. The second kappa shape index (κ2) is 5.10. The summed E-state index contributed by atoms with van der Waals surface area (Å²) in [4.78, 5) is 18.5. The highest BCUT2D eigenvalue weighted by molar-refractivity contribution is 7.16. The molecule has 0 aliphatic carbocycles. The van der Waals surface area contributed by atoms with E-state index in [-0.39, 0.29) is 5.91 Å². The van der Waals surface area contributed by atoms with Gasteiger partial charge in [-0.2, -0.15) is 0 Å². The summed E-state index contributed by atoms with van der Waals surface area (Å²) in [5.41, 5.74) is 5.29. The minimum Gasteiger partial charge on any atom is -0.320 e. The average molecular weight is 235 g/mol. The Labute approximate surface area is 98.5 Å². The molecule has 1 aliphatic heterocycles. The van der Waals surface area contributed by atoms with Gasteiger partial charge in [-0.1, -0.05) is 23.2 Å². The van der Waals surface area contributed by atoms with Crippen molar-refractivity contribution in [1.29, 1.82) is 0 Å². The van der Waals surface area contributed by atoms with Crippen molar-refractivity contribution in [3.63, 3.8) is 0 Å². The summed E-state index contributed by atoms with van der Waals surface area (Å²) < 4.78 is 0. The van der Waals surface area contributed by atoms with Crippen LogP contribution in [0.1, 0.15) is 24.1 Å². The SMILES string of the molecule is NCC#Cc1cnc(N2CCCCC2=O)s1. The molecule has 1 aromatic heterocycles. The molecular weight excluding hydrogens is 222 g/mol. The summed E-state index contributed by atoms with van der Waals surface area (Å²) in [6.07, 6.45) is 4.36. The summed E-state index contributed by atoms with van der Waals surface area (Å²) in [6, 6.07) is 0. The molecule has 0 aromatic carbocycles. The van der Waals surface area contributed by atoms with Crippen LogP contribution in [0.5, 0.6) is 0 Å². The number of thiazole rings is 1. The van der Waals surface area contributed by atoms with Crippen LogP contribution in [-0.4, -0.2) is 24.0 Å². The lowest BCUT2D eigenvalue weighted by Gasteiger charge is -2.23. The maximum Gasteiger partial charge on any atom is 0.228 e. The van der Waals surface area contributed by atoms with Gasteiger partial charge in [-0.15, -0.1) is 0 Å². The van der Waals surface area contributed by atoms with Crippen molar-refractivity contribution in [3.05, 3.63) is 11.1 Å². The van der Waals surface area contributed by atoms with E-state index in [0.717, 1.165) is 29.4 Å². The van der Waals surface area contributed by atoms with E-state index in [1.54, 1.807) is 11.1 Å². The van der Waals surface area contributed by atoms with E-state index in [1.807, 2.05) is 0 Å². The molecule has 1 aromatic rings. The molecule has 0 atom stereocenters. The number of aromatic nitrogens is 1. The Morgan fingerprint density at radius 3 is 3.19 bits per heavy atom. The Balaban J connectivity index is 2.14. The topological polar surface area (TPSA) is 59.2 Å². The molecule has 0 unspecified atom stereocenters. The number of anilines is 1. The highest BCUT2D eigenvalue weighted by atomic mass is 32.1. The zero-order chi connectivity index (χ0) is 11.4. The number of hydrogen-bond donors (Lipinski definition) is 1. The Hall–Kier alpha value is -1.38. The van der Waals surface area contributed by atoms with Crippen LogP contribution in [0, 0.1) is 11.8 Å². The van der Waals surface area contributed by atoms with Crippen LogP contribution in [0.4, 0.5) is 5.13 Å². The van der Waals surface area contributed by atoms with Crippen LogP contribution in [0.25, 0.3) is 0 Å². The van der Waals surface area contributed by atoms with Gasteiger partial charge in [0.05, 0.1) is 17.6 Å². The van der Waals surface area contributed by atoms with Crippen LogP contribution in [0.15, 0.2) is 6.20 Å². The monoisotopic (exact) mass is 235 g/mol. The number of carbonyl (C=O) groups excluding carboxylic acids is 1. The minimum atomic E-state index is 0.166. The van der Waals surface area contributed by atoms with Crippen molar-refractivity contribution in [2.75, 3.05) is 18.0 Å². The molecule has 84 valence electrons. The van der Waals surface area contributed by atoms with Gasteiger partial charge in [0.1, 0.15) is 0 Å². The van der Waals surface area contributed by atoms with Gasteiger partial charge in [0, 0.05) is 13.0 Å². The van der Waals surface area contributed by atoms with Crippen LogP contribution in [-0.2, 0) is 4.79 Å². The predicted octanol–water partition coefficient (Wildman–Crippen LogP) is 0.970. The van der Waals surface area contributed by atoms with Crippen molar-refractivity contribution in [1.82, 2.24) is 4.98 Å². The van der Waals surface area contributed by atoms with Crippen molar-refractivity contribution >= 4 is 22.4 Å². The van der Waals surface area contributed by atoms with Gasteiger partial charge in [-0.3, -0.25) is 9.69 Å². The molecule has 0 saturated carbocycles. The Morgan fingerprint density at radius 1 is 1.56 bits per heavy atom. The third kappa shape index (κ3) is 2.40. The first-order valence-electron chi connectivity index (χ1n) is 5.26. The molecule has 1 fully saturated rings. The summed E-state index contributed by atoms with van der Waals surface area (Å²) in [7, 11) is 0. The summed E-state index contributed by atoms with van der Waals surface area (Å²) in [5.74, 6) is 5.86. The van der Waals surface area contributed by atoms with Gasteiger partial charge in [-0.05, 0) is 12.8 Å². The third-order valence-corrected chi connectivity index (χ3v) is 3.30. The van der Waals surface area contributed by atoms with Gasteiger partial charge in [0.2, 0.25) is 5.91 Å². The quantitative estimate of drug-likeness (QED) is 0.738. The number of piperidine rings is 1. The number of amides is 1. The van der Waals surface area contributed by atoms with E-state index < -0.39 is 0 Å². The standard InChI is InChI=1S/C11H13N3OS/c12-6-3-4-9-8-13-11(16-9)14-7-2-1-5-10(14)15/h8H,1-2,5-7,12H2. The molecule has 4 nitrogen and oxygen atoms in total. The molecule has 0 bridgehead atoms. The van der Waals surface area contributed by atoms with E-state index in [2.05, 4.69) is 16.8 Å². The normalized spacial score (nSPS) is 15.8. The molecule has 5 heteroatoms. The molecule has 2 heterocycles. The van der Waals surface area contributed by atoms with Gasteiger partial charge >= 0.3 is 0 Å². The van der Waals surface area contributed by atoms with Crippen molar-refractivity contribution in [2.45, 2.75) is 19.3 Å². The highest BCUT2D eigenvalue weighted by Gasteiger charge is 2.21. The first-order chi connectivity index (χ1) is 7.81. The fraction of sp³-hybridized carbons (Fsp3) is 0.455. The first kappa shape index (κ1) is 11.1. The lowest BCUT2D eigenvalue weighted by atomic mass is 10.1. The number of carbonyl (C=O) groups is 1. The van der Waals surface area contributed by atoms with E-state index in [1.165, 1.54) is 11.3 Å². The third-order valence-electron chi connectivity index (χ3n) is 2.36. The zero-order valence-corrected chi connectivity index (χ0v) is 9.72. The minimum absolute atomic E-state index is 0.166. The lowest BCUT2D eigenvalue weighted by Crippen LogP contribution is -2.34. The second-order valence-electron chi connectivity index (χ2n) is 3.52. The molecule has 1 saturated heterocycles. The maximum absolute atomic E-state index is 11.7. The number of nitrogens with two attached hydrogens (primary N) is 1. The Bertz CT molecular complexity index is 444. The fourth-order valence-electron chi connectivity index (χ4n) is 1.59. The lowest BCUT2D eigenvalue weighted by molar-refractivity contribution is -0.119. The summed E-state index contributed by atoms with van der Waals surface area (Å²) >= 11 is 1.45. The first-order valence-corrected chi connectivity index (χ1v) is 6.08. The van der Waals surface area contributed by atoms with E-state index in [9.17, 15) is 4.79 Å². The van der Waals surface area contributed by atoms with Crippen LogP contribution >= 0.6 is 11.3 Å². The van der Waals surface area contributed by atoms with Crippen molar-refractivity contribution in [2.24, 2.45) is 5.73 Å². The highest BCUT2D eigenvalue weighted by Crippen LogP contribution is 2.25. The van der Waals surface area contributed by atoms with Crippen LogP contribution in [0.2, 0.25) is 0 Å². The fourth-order valence-corrected chi connectivity index (χ4v) is 2.43. The van der Waals surface area contributed by atoms with Crippen LogP contribution < -0.4 is 10.6 Å². The van der Waals surface area contributed by atoms with E-state index in [0.29, 0.717) is 13.0 Å². The maximum atomic E-state index is 11.7. The molecule has 2 N–H and O–H groups in total. The molecule has 1 amide bonds. The molecule has 0 radical (unpaired) electrons. The second-order valence-corrected chi connectivity index (χ2v) is 4.52. The summed E-state index contributed by atoms with van der Waals surface area (Å²) in [6.45, 7) is 1.12. The Kier molecular flexibility index (Phi) is 3.54. The molecule has 0 spiro atoms. The van der Waals surface area contributed by atoms with Gasteiger partial charge in [-0.25, -0.2) is 4.98 Å². The van der Waals surface area contributed by atoms with Gasteiger partial charge in [0.15, 0.2) is 5.13 Å².